The number of hydrogen-bond acceptors (Lipinski definition) is 18. The van der Waals surface area contributed by atoms with Crippen LogP contribution in [0.4, 0.5) is 5.95 Å². The van der Waals surface area contributed by atoms with Crippen LogP contribution >= 0.6 is 11.8 Å². The van der Waals surface area contributed by atoms with Crippen molar-refractivity contribution < 1.29 is 68.4 Å². The number of aliphatic carboxylic acids is 1. The van der Waals surface area contributed by atoms with E-state index in [-0.39, 0.29) is 81.6 Å². The Labute approximate surface area is 365 Å². The molecule has 4 heterocycles. The van der Waals surface area contributed by atoms with Gasteiger partial charge in [0.2, 0.25) is 11.9 Å². The minimum Gasteiger partial charge on any atom is -0.480 e. The largest absolute Gasteiger partial charge is 0.480 e. The number of esters is 1. The Kier molecular flexibility index (Phi) is 19.1. The summed E-state index contributed by atoms with van der Waals surface area (Å²) in [5, 5.41) is 58.3. The lowest BCUT2D eigenvalue weighted by Crippen LogP contribution is -2.53. The number of hydrogen-bond donors (Lipinski definition) is 11. The molecule has 1 aromatic carbocycles. The van der Waals surface area contributed by atoms with Gasteiger partial charge in [-0.2, -0.15) is 16.7 Å². The highest BCUT2D eigenvalue weighted by Gasteiger charge is 2.41. The van der Waals surface area contributed by atoms with E-state index < -0.39 is 79.5 Å². The van der Waals surface area contributed by atoms with Gasteiger partial charge in [0, 0.05) is 49.1 Å². The van der Waals surface area contributed by atoms with Gasteiger partial charge >= 0.3 is 11.9 Å². The molecule has 0 saturated carbocycles. The smallest absolute Gasteiger partial charge is 0.326 e. The van der Waals surface area contributed by atoms with E-state index in [1.54, 1.807) is 37.5 Å². The second kappa shape index (κ2) is 24.4. The number of aliphatic hydroxyl groups is 4. The molecule has 2 aliphatic rings. The molecule has 2 aliphatic heterocycles. The maximum atomic E-state index is 12.8. The zero-order valence-corrected chi connectivity index (χ0v) is 35.6. The molecule has 2 amide bonds. The summed E-state index contributed by atoms with van der Waals surface area (Å²) < 4.78 is 27.9. The van der Waals surface area contributed by atoms with Crippen LogP contribution in [-0.2, 0) is 50.9 Å². The van der Waals surface area contributed by atoms with Gasteiger partial charge in [-0.25, -0.2) is 4.79 Å². The summed E-state index contributed by atoms with van der Waals surface area (Å²) in [5.41, 5.74) is 7.52. The monoisotopic (exact) mass is 907 g/mol. The second-order valence-electron chi connectivity index (χ2n) is 15.1. The van der Waals surface area contributed by atoms with Gasteiger partial charge < -0.3 is 75.9 Å². The molecule has 0 aliphatic carbocycles. The Morgan fingerprint density at radius 1 is 1.03 bits per heavy atom. The molecule has 348 valence electrons. The molecule has 4 unspecified atom stereocenters. The highest BCUT2D eigenvalue weighted by molar-refractivity contribution is 7.99. The number of aromatic amines is 2. The van der Waals surface area contributed by atoms with Crippen molar-refractivity contribution in [3.63, 3.8) is 0 Å². The number of amides is 2. The second-order valence-corrected chi connectivity index (χ2v) is 16.2. The Balaban J connectivity index is 0.928. The molecule has 22 nitrogen and oxygen atoms in total. The standard InChI is InChI=1S/C40H57N7O15S/c1-42-26(19-63-20-31-29(14-24(49)18-60-31)61-39-28(51)15-27(50)30(17-48)62-39)36(54)43-10-11-58-12-13-59-32(52)9-8-25(38(56)57)45-35(53)22-5-2-21(3-6-22)4-7-23-16-44-34-33(23)37(55)47-40(41)46-34/h2-3,5-6,16,24-31,39,42,48-51H,4,7-15,17-20H2,1H3,(H,43,54)(H,45,53)(H,56,57)(H4,41,44,46,47,55)/t24?,25-,26+,27-,28?,29-,30?,31?,39+/m0/s1. The van der Waals surface area contributed by atoms with Crippen LogP contribution < -0.4 is 27.2 Å². The Morgan fingerprint density at radius 3 is 2.54 bits per heavy atom. The minimum atomic E-state index is -1.35. The number of aryl methyl sites for hydroxylation is 2. The molecule has 2 aromatic heterocycles. The molecule has 2 fully saturated rings. The van der Waals surface area contributed by atoms with Crippen LogP contribution in [0, 0.1) is 0 Å². The number of aliphatic hydroxyl groups excluding tert-OH is 4. The van der Waals surface area contributed by atoms with Gasteiger partial charge in [-0.15, -0.1) is 0 Å². The fourth-order valence-electron chi connectivity index (χ4n) is 6.98. The number of carbonyl (C=O) groups excluding carboxylic acids is 3. The molecule has 0 bridgehead atoms. The first kappa shape index (κ1) is 49.3. The number of rotatable bonds is 24. The number of thioether (sulfide) groups is 1. The average Bonchev–Trinajstić information content (AvgIpc) is 3.67. The molecule has 0 spiro atoms. The van der Waals surface area contributed by atoms with Gasteiger partial charge in [0.1, 0.15) is 30.5 Å². The molecule has 2 saturated heterocycles. The zero-order valence-electron chi connectivity index (χ0n) is 34.7. The third-order valence-electron chi connectivity index (χ3n) is 10.5. The van der Waals surface area contributed by atoms with E-state index >= 15 is 0 Å². The van der Waals surface area contributed by atoms with E-state index in [1.165, 1.54) is 11.8 Å². The number of carboxylic acids is 1. The molecule has 12 N–H and O–H groups in total. The highest BCUT2D eigenvalue weighted by Crippen LogP contribution is 2.28. The van der Waals surface area contributed by atoms with E-state index in [9.17, 15) is 49.5 Å². The highest BCUT2D eigenvalue weighted by atomic mass is 32.2. The number of carbonyl (C=O) groups is 4. The Morgan fingerprint density at radius 2 is 1.81 bits per heavy atom. The lowest BCUT2D eigenvalue weighted by molar-refractivity contribution is -0.299. The summed E-state index contributed by atoms with van der Waals surface area (Å²) in [6, 6.07) is 4.67. The summed E-state index contributed by atoms with van der Waals surface area (Å²) in [6.45, 7) is -0.145. The van der Waals surface area contributed by atoms with Gasteiger partial charge in [-0.05, 0) is 49.6 Å². The Hall–Kier alpha value is -4.69. The first-order chi connectivity index (χ1) is 30.3. The predicted molar refractivity (Wildman–Crippen MR) is 226 cm³/mol. The molecule has 5 rings (SSSR count). The molecule has 63 heavy (non-hydrogen) atoms. The third-order valence-corrected chi connectivity index (χ3v) is 11.6. The van der Waals surface area contributed by atoms with Crippen molar-refractivity contribution in [2.75, 3.05) is 63.9 Å². The fourth-order valence-corrected chi connectivity index (χ4v) is 8.22. The van der Waals surface area contributed by atoms with Gasteiger partial charge in [0.05, 0.1) is 62.3 Å². The summed E-state index contributed by atoms with van der Waals surface area (Å²) >= 11 is 1.42. The summed E-state index contributed by atoms with van der Waals surface area (Å²) in [6.07, 6.45) is -3.67. The lowest BCUT2D eigenvalue weighted by atomic mass is 10.0. The van der Waals surface area contributed by atoms with E-state index in [0.717, 1.165) is 11.1 Å². The first-order valence-corrected chi connectivity index (χ1v) is 21.7. The molecule has 3 aromatic rings. The topological polar surface area (TPSA) is 339 Å². The number of nitrogen functional groups attached to an aromatic ring is 1. The SMILES string of the molecule is CN[C@H](CSCC1OCC(O)C[C@@H]1O[C@@H]1OC(CO)[C@@H](O)CC1O)C(=O)NCCOCCOC(=O)CC[C@H](NC(=O)c1ccc(CCc2c[nH]c3nc(N)[nH]c(=O)c23)cc1)C(=O)O. The Bertz CT molecular complexity index is 2020. The van der Waals surface area contributed by atoms with Crippen molar-refractivity contribution in [3.8, 4) is 0 Å². The van der Waals surface area contributed by atoms with Crippen molar-refractivity contribution in [2.45, 2.75) is 93.5 Å². The number of ether oxygens (including phenoxy) is 5. The number of anilines is 1. The molecular weight excluding hydrogens is 851 g/mol. The predicted octanol–water partition coefficient (Wildman–Crippen LogP) is -2.06. The molecule has 23 heteroatoms. The van der Waals surface area contributed by atoms with Crippen molar-refractivity contribution in [1.82, 2.24) is 30.9 Å². The number of aromatic nitrogens is 3. The number of nitrogens with two attached hydrogens (primary N) is 1. The number of benzene rings is 1. The van der Waals surface area contributed by atoms with Gasteiger partial charge in [-0.1, -0.05) is 12.1 Å². The number of nitrogens with one attached hydrogen (secondary N) is 5. The molecular formula is C40H57N7O15S. The van der Waals surface area contributed by atoms with Crippen molar-refractivity contribution in [1.29, 1.82) is 0 Å². The number of carboxylic acid groups (broad SMARTS) is 1. The normalized spacial score (nSPS) is 23.5. The van der Waals surface area contributed by atoms with Crippen LogP contribution in [0.2, 0.25) is 0 Å². The fraction of sp³-hybridized carbons (Fsp3) is 0.600. The quantitative estimate of drug-likeness (QED) is 0.0340. The lowest BCUT2D eigenvalue weighted by Gasteiger charge is -2.41. The van der Waals surface area contributed by atoms with Crippen LogP contribution in [0.1, 0.15) is 47.2 Å². The van der Waals surface area contributed by atoms with E-state index in [2.05, 4.69) is 30.9 Å². The van der Waals surface area contributed by atoms with Crippen molar-refractivity contribution >= 4 is 52.5 Å². The van der Waals surface area contributed by atoms with Crippen LogP contribution in [-0.4, -0.2) is 177 Å². The first-order valence-electron chi connectivity index (χ1n) is 20.6. The summed E-state index contributed by atoms with van der Waals surface area (Å²) in [4.78, 5) is 71.7. The van der Waals surface area contributed by atoms with E-state index in [0.29, 0.717) is 35.4 Å². The minimum absolute atomic E-state index is 0.0138. The van der Waals surface area contributed by atoms with Crippen LogP contribution in [0.5, 0.6) is 0 Å². The van der Waals surface area contributed by atoms with Gasteiger partial charge in [0.15, 0.2) is 6.29 Å². The third kappa shape index (κ3) is 14.7. The summed E-state index contributed by atoms with van der Waals surface area (Å²) in [7, 11) is 1.64. The maximum absolute atomic E-state index is 12.8. The van der Waals surface area contributed by atoms with Gasteiger partial charge in [0.25, 0.3) is 11.5 Å². The number of H-pyrrole nitrogens is 2. The summed E-state index contributed by atoms with van der Waals surface area (Å²) in [5.74, 6) is -2.11. The van der Waals surface area contributed by atoms with Gasteiger partial charge in [-0.3, -0.25) is 24.2 Å². The van der Waals surface area contributed by atoms with Crippen LogP contribution in [0.3, 0.4) is 0 Å². The van der Waals surface area contributed by atoms with E-state index in [1.807, 2.05) is 0 Å². The van der Waals surface area contributed by atoms with Crippen LogP contribution in [0.25, 0.3) is 11.0 Å². The number of likely N-dealkylation sites (N-methyl/N-ethyl adjacent to an activating group) is 1. The molecule has 0 radical (unpaired) electrons. The van der Waals surface area contributed by atoms with E-state index in [4.69, 9.17) is 29.4 Å². The number of nitrogens with zero attached hydrogens (tertiary/aromatic N) is 1. The molecule has 9 atom stereocenters. The zero-order chi connectivity index (χ0) is 45.5. The average molecular weight is 908 g/mol. The van der Waals surface area contributed by atoms with Crippen molar-refractivity contribution in [3.05, 3.63) is 57.5 Å². The number of fused-ring (bicyclic) bond motifs is 1. The maximum Gasteiger partial charge on any atom is 0.326 e. The van der Waals surface area contributed by atoms with Crippen LogP contribution in [0.15, 0.2) is 35.3 Å². The van der Waals surface area contributed by atoms with Crippen molar-refractivity contribution in [2.24, 2.45) is 0 Å².